The van der Waals surface area contributed by atoms with Crippen LogP contribution in [0.3, 0.4) is 0 Å². The van der Waals surface area contributed by atoms with Gasteiger partial charge < -0.3 is 10.1 Å². The van der Waals surface area contributed by atoms with Gasteiger partial charge in [-0.2, -0.15) is 0 Å². The van der Waals surface area contributed by atoms with Crippen LogP contribution in [0.1, 0.15) is 60.2 Å². The van der Waals surface area contributed by atoms with Crippen LogP contribution in [0.4, 0.5) is 0 Å². The van der Waals surface area contributed by atoms with Gasteiger partial charge in [-0.05, 0) is 44.1 Å². The van der Waals surface area contributed by atoms with Gasteiger partial charge in [0.05, 0.1) is 12.6 Å². The van der Waals surface area contributed by atoms with Gasteiger partial charge in [0.2, 0.25) is 5.88 Å². The normalized spacial score (nSPS) is 15.2. The smallest absolute Gasteiger partial charge is 0.270 e. The third-order valence-electron chi connectivity index (χ3n) is 4.20. The Hall–Kier alpha value is -1.95. The summed E-state index contributed by atoms with van der Waals surface area (Å²) in [5.41, 5.74) is 1.34. The number of amides is 1. The number of hydrogen-bond acceptors (Lipinski definition) is 5. The highest BCUT2D eigenvalue weighted by molar-refractivity contribution is 7.09. The highest BCUT2D eigenvalue weighted by Crippen LogP contribution is 2.30. The van der Waals surface area contributed by atoms with Gasteiger partial charge in [0.25, 0.3) is 5.91 Å². The molecule has 1 atom stereocenters. The number of nitrogens with zero attached hydrogens (tertiary/aromatic N) is 2. The van der Waals surface area contributed by atoms with Gasteiger partial charge in [-0.1, -0.05) is 19.9 Å². The van der Waals surface area contributed by atoms with E-state index in [1.54, 1.807) is 23.6 Å². The van der Waals surface area contributed by atoms with E-state index >= 15 is 0 Å². The summed E-state index contributed by atoms with van der Waals surface area (Å²) in [6.45, 7) is 6.92. The molecule has 3 rings (SSSR count). The SMILES string of the molecule is Cc1ccc(C(=O)N[C@@H](CC(C)C)c2nccs2)nc1OCC1CC1. The molecule has 0 radical (unpaired) electrons. The monoisotopic (exact) mass is 359 g/mol. The minimum atomic E-state index is -0.183. The summed E-state index contributed by atoms with van der Waals surface area (Å²) in [6, 6.07) is 3.56. The topological polar surface area (TPSA) is 64.1 Å². The Kier molecular flexibility index (Phi) is 5.68. The van der Waals surface area contributed by atoms with E-state index in [-0.39, 0.29) is 11.9 Å². The molecule has 0 unspecified atom stereocenters. The van der Waals surface area contributed by atoms with Gasteiger partial charge in [-0.15, -0.1) is 11.3 Å². The summed E-state index contributed by atoms with van der Waals surface area (Å²) in [4.78, 5) is 21.5. The Labute approximate surface area is 152 Å². The lowest BCUT2D eigenvalue weighted by atomic mass is 10.0. The van der Waals surface area contributed by atoms with E-state index in [1.165, 1.54) is 12.8 Å². The third kappa shape index (κ3) is 5.01. The van der Waals surface area contributed by atoms with E-state index < -0.39 is 0 Å². The molecule has 0 aromatic carbocycles. The van der Waals surface area contributed by atoms with Gasteiger partial charge in [-0.3, -0.25) is 4.79 Å². The van der Waals surface area contributed by atoms with Crippen molar-refractivity contribution in [2.75, 3.05) is 6.61 Å². The molecule has 0 bridgehead atoms. The second kappa shape index (κ2) is 7.95. The van der Waals surface area contributed by atoms with Crippen LogP contribution < -0.4 is 10.1 Å². The first-order chi connectivity index (χ1) is 12.0. The fraction of sp³-hybridized carbons (Fsp3) is 0.526. The Balaban J connectivity index is 1.71. The summed E-state index contributed by atoms with van der Waals surface area (Å²) < 4.78 is 5.79. The molecule has 25 heavy (non-hydrogen) atoms. The molecular formula is C19H25N3O2S. The summed E-state index contributed by atoms with van der Waals surface area (Å²) >= 11 is 1.56. The van der Waals surface area contributed by atoms with Crippen molar-refractivity contribution >= 4 is 17.2 Å². The molecular weight excluding hydrogens is 334 g/mol. The molecule has 0 saturated heterocycles. The molecule has 1 saturated carbocycles. The number of hydrogen-bond donors (Lipinski definition) is 1. The van der Waals surface area contributed by atoms with Crippen LogP contribution in [0, 0.1) is 18.8 Å². The maximum Gasteiger partial charge on any atom is 0.270 e. The molecule has 134 valence electrons. The van der Waals surface area contributed by atoms with E-state index in [2.05, 4.69) is 29.1 Å². The molecule has 1 aliphatic rings. The van der Waals surface area contributed by atoms with Crippen LogP contribution in [-0.4, -0.2) is 22.5 Å². The molecule has 5 nitrogen and oxygen atoms in total. The summed E-state index contributed by atoms with van der Waals surface area (Å²) in [5.74, 6) is 1.49. The number of aryl methyl sites for hydroxylation is 1. The minimum Gasteiger partial charge on any atom is -0.477 e. The van der Waals surface area contributed by atoms with Crippen LogP contribution in [-0.2, 0) is 0 Å². The van der Waals surface area contributed by atoms with Gasteiger partial charge >= 0.3 is 0 Å². The number of carbonyl (C=O) groups excluding carboxylic acids is 1. The molecule has 1 N–H and O–H groups in total. The Morgan fingerprint density at radius 3 is 2.84 bits per heavy atom. The first kappa shape index (κ1) is 17.9. The lowest BCUT2D eigenvalue weighted by molar-refractivity contribution is 0.0925. The molecule has 1 fully saturated rings. The summed E-state index contributed by atoms with van der Waals surface area (Å²) in [7, 11) is 0. The maximum absolute atomic E-state index is 12.7. The molecule has 1 aliphatic carbocycles. The van der Waals surface area contributed by atoms with Crippen LogP contribution in [0.25, 0.3) is 0 Å². The van der Waals surface area contributed by atoms with Crippen LogP contribution in [0.15, 0.2) is 23.7 Å². The van der Waals surface area contributed by atoms with Crippen LogP contribution in [0.5, 0.6) is 5.88 Å². The fourth-order valence-electron chi connectivity index (χ4n) is 2.60. The van der Waals surface area contributed by atoms with Crippen molar-refractivity contribution in [2.24, 2.45) is 11.8 Å². The third-order valence-corrected chi connectivity index (χ3v) is 5.09. The van der Waals surface area contributed by atoms with Gasteiger partial charge in [0.1, 0.15) is 10.7 Å². The number of aromatic nitrogens is 2. The summed E-state index contributed by atoms with van der Waals surface area (Å²) in [5, 5.41) is 5.95. The van der Waals surface area contributed by atoms with Crippen molar-refractivity contribution in [1.82, 2.24) is 15.3 Å². The number of pyridine rings is 1. The second-order valence-electron chi connectivity index (χ2n) is 7.10. The van der Waals surface area contributed by atoms with Crippen molar-refractivity contribution in [3.05, 3.63) is 40.0 Å². The Bertz CT molecular complexity index is 711. The van der Waals surface area contributed by atoms with Crippen molar-refractivity contribution in [3.8, 4) is 5.88 Å². The zero-order valence-corrected chi connectivity index (χ0v) is 15.8. The average Bonchev–Trinajstić information content (AvgIpc) is 3.24. The van der Waals surface area contributed by atoms with E-state index in [0.29, 0.717) is 30.0 Å². The van der Waals surface area contributed by atoms with Crippen molar-refractivity contribution in [1.29, 1.82) is 0 Å². The number of ether oxygens (including phenoxy) is 1. The molecule has 2 aromatic heterocycles. The molecule has 6 heteroatoms. The number of thiazole rings is 1. The Morgan fingerprint density at radius 1 is 1.40 bits per heavy atom. The largest absolute Gasteiger partial charge is 0.477 e. The predicted molar refractivity (Wildman–Crippen MR) is 99.0 cm³/mol. The average molecular weight is 359 g/mol. The number of nitrogens with one attached hydrogen (secondary N) is 1. The molecule has 2 aromatic rings. The lowest BCUT2D eigenvalue weighted by Crippen LogP contribution is -2.30. The van der Waals surface area contributed by atoms with Crippen molar-refractivity contribution in [2.45, 2.75) is 46.1 Å². The first-order valence-electron chi connectivity index (χ1n) is 8.83. The highest BCUT2D eigenvalue weighted by Gasteiger charge is 2.23. The first-order valence-corrected chi connectivity index (χ1v) is 9.71. The highest BCUT2D eigenvalue weighted by atomic mass is 32.1. The van der Waals surface area contributed by atoms with E-state index in [1.807, 2.05) is 18.4 Å². The predicted octanol–water partition coefficient (Wildman–Crippen LogP) is 4.15. The number of carbonyl (C=O) groups is 1. The second-order valence-corrected chi connectivity index (χ2v) is 8.03. The molecule has 1 amide bonds. The summed E-state index contributed by atoms with van der Waals surface area (Å²) in [6.07, 6.45) is 5.07. The number of rotatable bonds is 8. The quantitative estimate of drug-likeness (QED) is 0.769. The lowest BCUT2D eigenvalue weighted by Gasteiger charge is -2.18. The van der Waals surface area contributed by atoms with E-state index in [0.717, 1.165) is 17.0 Å². The van der Waals surface area contributed by atoms with E-state index in [9.17, 15) is 4.79 Å². The maximum atomic E-state index is 12.7. The van der Waals surface area contributed by atoms with Gasteiger partial charge in [0, 0.05) is 17.1 Å². The van der Waals surface area contributed by atoms with E-state index in [4.69, 9.17) is 4.74 Å². The van der Waals surface area contributed by atoms with Gasteiger partial charge in [-0.25, -0.2) is 9.97 Å². The van der Waals surface area contributed by atoms with Crippen LogP contribution >= 0.6 is 11.3 Å². The van der Waals surface area contributed by atoms with Gasteiger partial charge in [0.15, 0.2) is 0 Å². The standard InChI is InChI=1S/C19H25N3O2S/c1-12(2)10-16(19-20-8-9-25-19)21-17(23)15-7-4-13(3)18(22-15)24-11-14-5-6-14/h4,7-9,12,14,16H,5-6,10-11H2,1-3H3,(H,21,23)/t16-/m0/s1. The Morgan fingerprint density at radius 2 is 2.20 bits per heavy atom. The zero-order valence-electron chi connectivity index (χ0n) is 15.0. The molecule has 0 spiro atoms. The zero-order chi connectivity index (χ0) is 17.8. The van der Waals surface area contributed by atoms with Crippen LogP contribution in [0.2, 0.25) is 0 Å². The van der Waals surface area contributed by atoms with Crippen molar-refractivity contribution < 1.29 is 9.53 Å². The minimum absolute atomic E-state index is 0.0913. The van der Waals surface area contributed by atoms with Crippen molar-refractivity contribution in [3.63, 3.8) is 0 Å². The fourth-order valence-corrected chi connectivity index (χ4v) is 3.30. The molecule has 2 heterocycles. The molecule has 0 aliphatic heterocycles.